The highest BCUT2D eigenvalue weighted by molar-refractivity contribution is 5.71. The highest BCUT2D eigenvalue weighted by Gasteiger charge is 2.08. The van der Waals surface area contributed by atoms with E-state index in [1.807, 2.05) is 0 Å². The molecule has 1 rings (SSSR count). The quantitative estimate of drug-likeness (QED) is 0.517. The first-order valence-corrected chi connectivity index (χ1v) is 3.78. The van der Waals surface area contributed by atoms with Gasteiger partial charge in [0.1, 0.15) is 5.69 Å². The van der Waals surface area contributed by atoms with Crippen LogP contribution < -0.4 is 0 Å². The van der Waals surface area contributed by atoms with E-state index in [1.165, 1.54) is 14.2 Å². The Morgan fingerprint density at radius 2 is 2.15 bits per heavy atom. The zero-order valence-electron chi connectivity index (χ0n) is 7.56. The third-order valence-corrected chi connectivity index (χ3v) is 1.63. The highest BCUT2D eigenvalue weighted by atomic mass is 16.7. The number of carbonyl (C=O) groups excluding carboxylic acids is 1. The molecule has 0 saturated heterocycles. The number of hydrogen-bond acceptors (Lipinski definition) is 4. The van der Waals surface area contributed by atoms with Crippen LogP contribution in [0.1, 0.15) is 22.3 Å². The number of nitrogens with zero attached hydrogens (tertiary/aromatic N) is 1. The van der Waals surface area contributed by atoms with Gasteiger partial charge in [-0.15, -0.1) is 0 Å². The van der Waals surface area contributed by atoms with E-state index in [0.717, 1.165) is 5.56 Å². The molecule has 70 valence electrons. The number of carbonyl (C=O) groups is 1. The molecule has 0 fully saturated rings. The van der Waals surface area contributed by atoms with Crippen LogP contribution in [-0.2, 0) is 9.47 Å². The number of aldehydes is 1. The number of hydrogen-bond donors (Lipinski definition) is 0. The van der Waals surface area contributed by atoms with E-state index in [0.29, 0.717) is 12.0 Å². The smallest absolute Gasteiger partial charge is 0.183 e. The Kier molecular flexibility index (Phi) is 3.54. The second-order valence-electron chi connectivity index (χ2n) is 2.44. The number of aromatic nitrogens is 1. The van der Waals surface area contributed by atoms with Gasteiger partial charge in [-0.1, -0.05) is 0 Å². The van der Waals surface area contributed by atoms with Crippen molar-refractivity contribution in [1.82, 2.24) is 4.98 Å². The molecule has 0 atom stereocenters. The summed E-state index contributed by atoms with van der Waals surface area (Å²) in [5, 5.41) is 0. The molecule has 0 saturated carbocycles. The average Bonchev–Trinajstić information content (AvgIpc) is 2.20. The SMILES string of the molecule is COC(OC)c1ccnc(C=O)c1. The summed E-state index contributed by atoms with van der Waals surface area (Å²) in [7, 11) is 3.07. The molecule has 0 amide bonds. The molecular formula is C9H11NO3. The highest BCUT2D eigenvalue weighted by Crippen LogP contribution is 2.16. The molecule has 13 heavy (non-hydrogen) atoms. The summed E-state index contributed by atoms with van der Waals surface area (Å²) in [6.45, 7) is 0. The second-order valence-corrected chi connectivity index (χ2v) is 2.44. The van der Waals surface area contributed by atoms with Crippen molar-refractivity contribution in [3.8, 4) is 0 Å². The lowest BCUT2D eigenvalue weighted by Gasteiger charge is -2.12. The zero-order chi connectivity index (χ0) is 9.68. The maximum atomic E-state index is 10.4. The normalized spacial score (nSPS) is 10.4. The molecule has 0 unspecified atom stereocenters. The molecule has 0 aliphatic heterocycles. The Labute approximate surface area is 76.5 Å². The fourth-order valence-corrected chi connectivity index (χ4v) is 1.04. The van der Waals surface area contributed by atoms with Gasteiger partial charge < -0.3 is 9.47 Å². The van der Waals surface area contributed by atoms with E-state index in [4.69, 9.17) is 9.47 Å². The van der Waals surface area contributed by atoms with Crippen molar-refractivity contribution in [3.05, 3.63) is 29.6 Å². The molecule has 4 nitrogen and oxygen atoms in total. The maximum absolute atomic E-state index is 10.4. The standard InChI is InChI=1S/C9H11NO3/c1-12-9(13-2)7-3-4-10-8(5-7)6-11/h3-6,9H,1-2H3. The van der Waals surface area contributed by atoms with Gasteiger partial charge in [0.2, 0.25) is 0 Å². The second kappa shape index (κ2) is 4.69. The number of rotatable bonds is 4. The molecule has 0 N–H and O–H groups in total. The van der Waals surface area contributed by atoms with Gasteiger partial charge in [-0.3, -0.25) is 9.78 Å². The molecule has 1 heterocycles. The molecule has 0 aliphatic rings. The number of pyridine rings is 1. The molecule has 0 spiro atoms. The van der Waals surface area contributed by atoms with Crippen LogP contribution in [-0.4, -0.2) is 25.5 Å². The third-order valence-electron chi connectivity index (χ3n) is 1.63. The molecule has 1 aromatic heterocycles. The minimum absolute atomic E-state index is 0.372. The number of methoxy groups -OCH3 is 2. The predicted octanol–water partition coefficient (Wildman–Crippen LogP) is 1.19. The van der Waals surface area contributed by atoms with E-state index in [-0.39, 0.29) is 0 Å². The zero-order valence-corrected chi connectivity index (χ0v) is 7.56. The Bertz CT molecular complexity index is 284. The van der Waals surface area contributed by atoms with Gasteiger partial charge in [0.25, 0.3) is 0 Å². The summed E-state index contributed by atoms with van der Waals surface area (Å²) < 4.78 is 10.0. The molecule has 4 heteroatoms. The van der Waals surface area contributed by atoms with Crippen LogP contribution >= 0.6 is 0 Å². The first-order chi connectivity index (χ1) is 6.31. The van der Waals surface area contributed by atoms with Crippen molar-refractivity contribution in [2.45, 2.75) is 6.29 Å². The lowest BCUT2D eigenvalue weighted by Crippen LogP contribution is -2.04. The third kappa shape index (κ3) is 2.34. The molecule has 0 radical (unpaired) electrons. The van der Waals surface area contributed by atoms with Crippen LogP contribution in [0.3, 0.4) is 0 Å². The van der Waals surface area contributed by atoms with Crippen LogP contribution in [0.5, 0.6) is 0 Å². The maximum Gasteiger partial charge on any atom is 0.183 e. The van der Waals surface area contributed by atoms with Gasteiger partial charge >= 0.3 is 0 Å². The molecular weight excluding hydrogens is 170 g/mol. The first-order valence-electron chi connectivity index (χ1n) is 3.78. The first kappa shape index (κ1) is 9.83. The van der Waals surface area contributed by atoms with E-state index in [1.54, 1.807) is 18.3 Å². The van der Waals surface area contributed by atoms with E-state index >= 15 is 0 Å². The summed E-state index contributed by atoms with van der Waals surface area (Å²) >= 11 is 0. The Hall–Kier alpha value is -1.26. The monoisotopic (exact) mass is 181 g/mol. The molecule has 0 aliphatic carbocycles. The van der Waals surface area contributed by atoms with Crippen LogP contribution in [0.2, 0.25) is 0 Å². The van der Waals surface area contributed by atoms with Crippen LogP contribution in [0, 0.1) is 0 Å². The average molecular weight is 181 g/mol. The van der Waals surface area contributed by atoms with Crippen LogP contribution in [0.4, 0.5) is 0 Å². The van der Waals surface area contributed by atoms with Crippen LogP contribution in [0.25, 0.3) is 0 Å². The fourth-order valence-electron chi connectivity index (χ4n) is 1.04. The van der Waals surface area contributed by atoms with Gasteiger partial charge in [0.05, 0.1) is 0 Å². The predicted molar refractivity (Wildman–Crippen MR) is 46.4 cm³/mol. The van der Waals surface area contributed by atoms with Gasteiger partial charge in [0.15, 0.2) is 12.6 Å². The largest absolute Gasteiger partial charge is 0.352 e. The summed E-state index contributed by atoms with van der Waals surface area (Å²) in [5.41, 5.74) is 1.15. The molecule has 0 bridgehead atoms. The van der Waals surface area contributed by atoms with Crippen molar-refractivity contribution in [3.63, 3.8) is 0 Å². The van der Waals surface area contributed by atoms with Gasteiger partial charge in [0, 0.05) is 26.0 Å². The number of ether oxygens (including phenoxy) is 2. The Morgan fingerprint density at radius 1 is 1.46 bits per heavy atom. The molecule has 1 aromatic rings. The van der Waals surface area contributed by atoms with Crippen LogP contribution in [0.15, 0.2) is 18.3 Å². The fraction of sp³-hybridized carbons (Fsp3) is 0.333. The van der Waals surface area contributed by atoms with Crippen molar-refractivity contribution in [2.24, 2.45) is 0 Å². The topological polar surface area (TPSA) is 48.4 Å². The van der Waals surface area contributed by atoms with Gasteiger partial charge in [-0.25, -0.2) is 0 Å². The van der Waals surface area contributed by atoms with E-state index in [9.17, 15) is 4.79 Å². The summed E-state index contributed by atoms with van der Waals surface area (Å²) in [6, 6.07) is 3.37. The van der Waals surface area contributed by atoms with E-state index < -0.39 is 6.29 Å². The van der Waals surface area contributed by atoms with Crippen molar-refractivity contribution in [2.75, 3.05) is 14.2 Å². The molecule has 0 aromatic carbocycles. The van der Waals surface area contributed by atoms with Gasteiger partial charge in [-0.05, 0) is 12.1 Å². The minimum Gasteiger partial charge on any atom is -0.352 e. The summed E-state index contributed by atoms with van der Waals surface area (Å²) in [4.78, 5) is 14.2. The lowest BCUT2D eigenvalue weighted by molar-refractivity contribution is -0.106. The lowest BCUT2D eigenvalue weighted by atomic mass is 10.2. The Balaban J connectivity index is 2.92. The van der Waals surface area contributed by atoms with E-state index in [2.05, 4.69) is 4.98 Å². The van der Waals surface area contributed by atoms with Crippen molar-refractivity contribution < 1.29 is 14.3 Å². The minimum atomic E-state index is -0.443. The van der Waals surface area contributed by atoms with Crippen molar-refractivity contribution in [1.29, 1.82) is 0 Å². The Morgan fingerprint density at radius 3 is 2.69 bits per heavy atom. The van der Waals surface area contributed by atoms with Crippen molar-refractivity contribution >= 4 is 6.29 Å². The summed E-state index contributed by atoms with van der Waals surface area (Å²) in [5.74, 6) is 0. The summed E-state index contributed by atoms with van der Waals surface area (Å²) in [6.07, 6.45) is 1.79. The van der Waals surface area contributed by atoms with Gasteiger partial charge in [-0.2, -0.15) is 0 Å².